The number of piperidine rings is 1. The molecule has 0 aliphatic carbocycles. The Labute approximate surface area is 223 Å². The Morgan fingerprint density at radius 1 is 1.03 bits per heavy atom. The third-order valence-corrected chi connectivity index (χ3v) is 6.32. The van der Waals surface area contributed by atoms with E-state index in [-0.39, 0.29) is 24.4 Å². The van der Waals surface area contributed by atoms with Crippen LogP contribution in [0.4, 0.5) is 11.4 Å². The largest absolute Gasteiger partial charge is 0.490 e. The maximum absolute atomic E-state index is 12.6. The highest BCUT2D eigenvalue weighted by Gasteiger charge is 2.20. The molecular formula is C29H34N6O3. The molecule has 1 heterocycles. The van der Waals surface area contributed by atoms with Gasteiger partial charge in [-0.2, -0.15) is 0 Å². The van der Waals surface area contributed by atoms with Gasteiger partial charge in [0.2, 0.25) is 5.91 Å². The van der Waals surface area contributed by atoms with E-state index in [0.717, 1.165) is 37.2 Å². The number of hydrogen-bond acceptors (Lipinski definition) is 6. The molecule has 1 saturated heterocycles. The van der Waals surface area contributed by atoms with Gasteiger partial charge in [0.1, 0.15) is 30.0 Å². The lowest BCUT2D eigenvalue weighted by Crippen LogP contribution is -2.40. The first-order valence-corrected chi connectivity index (χ1v) is 12.6. The Bertz CT molecular complexity index is 1260. The van der Waals surface area contributed by atoms with Crippen molar-refractivity contribution in [1.82, 2.24) is 4.90 Å². The van der Waals surface area contributed by atoms with Crippen LogP contribution in [0.1, 0.15) is 30.9 Å². The Morgan fingerprint density at radius 2 is 1.74 bits per heavy atom. The van der Waals surface area contributed by atoms with Crippen LogP contribution in [0.15, 0.2) is 72.8 Å². The molecule has 0 saturated carbocycles. The molecule has 4 rings (SSSR count). The smallest absolute Gasteiger partial charge is 0.243 e. The van der Waals surface area contributed by atoms with E-state index in [4.69, 9.17) is 26.0 Å². The third-order valence-electron chi connectivity index (χ3n) is 6.32. The van der Waals surface area contributed by atoms with Crippen LogP contribution >= 0.6 is 0 Å². The van der Waals surface area contributed by atoms with Gasteiger partial charge in [-0.25, -0.2) is 0 Å². The van der Waals surface area contributed by atoms with Crippen molar-refractivity contribution >= 4 is 29.0 Å². The summed E-state index contributed by atoms with van der Waals surface area (Å²) in [7, 11) is 0. The van der Waals surface area contributed by atoms with E-state index in [1.807, 2.05) is 61.5 Å². The van der Waals surface area contributed by atoms with E-state index in [2.05, 4.69) is 15.5 Å². The van der Waals surface area contributed by atoms with Gasteiger partial charge < -0.3 is 30.7 Å². The van der Waals surface area contributed by atoms with Crippen molar-refractivity contribution in [3.8, 4) is 11.5 Å². The van der Waals surface area contributed by atoms with E-state index in [1.54, 1.807) is 18.2 Å². The van der Waals surface area contributed by atoms with Gasteiger partial charge in [-0.1, -0.05) is 30.3 Å². The monoisotopic (exact) mass is 514 g/mol. The van der Waals surface area contributed by atoms with Crippen molar-refractivity contribution in [3.05, 3.63) is 83.9 Å². The zero-order chi connectivity index (χ0) is 26.9. The summed E-state index contributed by atoms with van der Waals surface area (Å²) in [6.07, 6.45) is 1.88. The molecule has 6 N–H and O–H groups in total. The third kappa shape index (κ3) is 7.49. The molecule has 0 radical (unpaired) electrons. The molecule has 0 spiro atoms. The maximum Gasteiger partial charge on any atom is 0.243 e. The van der Waals surface area contributed by atoms with Crippen LogP contribution in [0.25, 0.3) is 0 Å². The number of nitrogens with zero attached hydrogens (tertiary/aromatic N) is 1. The SMILES string of the molecule is CC(=N)N1CCC(Oc2ccc(NC(=O)CNc3cc(C(=N)N)ccc3OCc3ccccc3)cc2)CC1. The highest BCUT2D eigenvalue weighted by molar-refractivity contribution is 5.97. The predicted molar refractivity (Wildman–Crippen MR) is 150 cm³/mol. The standard InChI is InChI=1S/C29H34N6O3/c1-20(30)35-15-13-25(14-16-35)38-24-10-8-23(9-11-24)34-28(36)18-33-26-17-22(29(31)32)7-12-27(26)37-19-21-5-3-2-4-6-21/h2-12,17,25,30,33H,13-16,18-19H2,1H3,(H3,31,32)(H,34,36). The van der Waals surface area contributed by atoms with Crippen LogP contribution in [0.5, 0.6) is 11.5 Å². The van der Waals surface area contributed by atoms with Crippen molar-refractivity contribution < 1.29 is 14.3 Å². The normalized spacial score (nSPS) is 13.4. The number of benzene rings is 3. The number of nitrogens with one attached hydrogen (secondary N) is 4. The second-order valence-corrected chi connectivity index (χ2v) is 9.21. The molecule has 9 heteroatoms. The number of rotatable bonds is 10. The van der Waals surface area contributed by atoms with Crippen LogP contribution in [-0.2, 0) is 11.4 Å². The number of nitrogens with two attached hydrogens (primary N) is 1. The minimum Gasteiger partial charge on any atom is -0.490 e. The van der Waals surface area contributed by atoms with E-state index in [0.29, 0.717) is 35.1 Å². The van der Waals surface area contributed by atoms with Crippen LogP contribution in [-0.4, -0.2) is 48.2 Å². The molecule has 3 aromatic carbocycles. The Kier molecular flexibility index (Phi) is 8.81. The number of likely N-dealkylation sites (tertiary alicyclic amines) is 1. The van der Waals surface area contributed by atoms with Crippen molar-refractivity contribution in [2.24, 2.45) is 5.73 Å². The molecule has 0 unspecified atom stereocenters. The fourth-order valence-corrected chi connectivity index (χ4v) is 4.20. The molecule has 1 aliphatic rings. The van der Waals surface area contributed by atoms with Crippen molar-refractivity contribution in [2.75, 3.05) is 30.3 Å². The molecule has 198 valence electrons. The van der Waals surface area contributed by atoms with Gasteiger partial charge in [-0.3, -0.25) is 15.6 Å². The van der Waals surface area contributed by atoms with Gasteiger partial charge in [0, 0.05) is 37.2 Å². The Morgan fingerprint density at radius 3 is 2.39 bits per heavy atom. The summed E-state index contributed by atoms with van der Waals surface area (Å²) >= 11 is 0. The number of nitrogen functional groups attached to an aromatic ring is 1. The highest BCUT2D eigenvalue weighted by Crippen LogP contribution is 2.27. The van der Waals surface area contributed by atoms with E-state index in [1.165, 1.54) is 0 Å². The maximum atomic E-state index is 12.6. The summed E-state index contributed by atoms with van der Waals surface area (Å²) in [4.78, 5) is 14.7. The van der Waals surface area contributed by atoms with Crippen LogP contribution in [0.3, 0.4) is 0 Å². The van der Waals surface area contributed by atoms with Crippen LogP contribution < -0.4 is 25.8 Å². The van der Waals surface area contributed by atoms with Gasteiger partial charge in [-0.05, 0) is 55.0 Å². The topological polar surface area (TPSA) is 137 Å². The lowest BCUT2D eigenvalue weighted by Gasteiger charge is -2.32. The van der Waals surface area contributed by atoms with Gasteiger partial charge >= 0.3 is 0 Å². The van der Waals surface area contributed by atoms with Crippen molar-refractivity contribution in [2.45, 2.75) is 32.5 Å². The predicted octanol–water partition coefficient (Wildman–Crippen LogP) is 4.44. The fourth-order valence-electron chi connectivity index (χ4n) is 4.20. The molecule has 3 aromatic rings. The van der Waals surface area contributed by atoms with E-state index < -0.39 is 0 Å². The number of amides is 1. The second-order valence-electron chi connectivity index (χ2n) is 9.21. The number of ether oxygens (including phenoxy) is 2. The number of amidine groups is 2. The number of hydrogen-bond donors (Lipinski definition) is 5. The molecule has 0 atom stereocenters. The average molecular weight is 515 g/mol. The lowest BCUT2D eigenvalue weighted by atomic mass is 10.1. The quantitative estimate of drug-likeness (QED) is 0.200. The summed E-state index contributed by atoms with van der Waals surface area (Å²) in [6, 6.07) is 22.3. The fraction of sp³-hybridized carbons (Fsp3) is 0.276. The second kappa shape index (κ2) is 12.6. The number of carbonyl (C=O) groups is 1. The first-order valence-electron chi connectivity index (χ1n) is 12.6. The van der Waals surface area contributed by atoms with Crippen LogP contribution in [0.2, 0.25) is 0 Å². The van der Waals surface area contributed by atoms with Gasteiger partial charge in [0.05, 0.1) is 18.1 Å². The summed E-state index contributed by atoms with van der Waals surface area (Å²) in [6.45, 7) is 3.85. The summed E-state index contributed by atoms with van der Waals surface area (Å²) in [5, 5.41) is 21.5. The molecule has 1 amide bonds. The molecule has 38 heavy (non-hydrogen) atoms. The van der Waals surface area contributed by atoms with E-state index >= 15 is 0 Å². The zero-order valence-electron chi connectivity index (χ0n) is 21.5. The zero-order valence-corrected chi connectivity index (χ0v) is 21.5. The molecule has 0 aromatic heterocycles. The summed E-state index contributed by atoms with van der Waals surface area (Å²) < 4.78 is 12.1. The lowest BCUT2D eigenvalue weighted by molar-refractivity contribution is -0.114. The number of anilines is 2. The van der Waals surface area contributed by atoms with Crippen molar-refractivity contribution in [3.63, 3.8) is 0 Å². The molecule has 1 aliphatic heterocycles. The summed E-state index contributed by atoms with van der Waals surface area (Å²) in [5.41, 5.74) is 8.46. The van der Waals surface area contributed by atoms with Crippen LogP contribution in [0, 0.1) is 10.8 Å². The molecule has 0 bridgehead atoms. The molecule has 1 fully saturated rings. The van der Waals surface area contributed by atoms with Gasteiger partial charge in [0.25, 0.3) is 0 Å². The minimum absolute atomic E-state index is 0.00626. The van der Waals surface area contributed by atoms with Gasteiger partial charge in [0.15, 0.2) is 0 Å². The van der Waals surface area contributed by atoms with E-state index in [9.17, 15) is 4.79 Å². The van der Waals surface area contributed by atoms with Crippen molar-refractivity contribution in [1.29, 1.82) is 10.8 Å². The molecular weight excluding hydrogens is 480 g/mol. The first kappa shape index (κ1) is 26.5. The minimum atomic E-state index is -0.227. The van der Waals surface area contributed by atoms with Gasteiger partial charge in [-0.15, -0.1) is 0 Å². The first-order chi connectivity index (χ1) is 18.4. The Balaban J connectivity index is 1.30. The number of carbonyl (C=O) groups excluding carboxylic acids is 1. The highest BCUT2D eigenvalue weighted by atomic mass is 16.5. The Hall–Kier alpha value is -4.53. The average Bonchev–Trinajstić information content (AvgIpc) is 2.93. The summed E-state index contributed by atoms with van der Waals surface area (Å²) in [5.74, 6) is 1.63. The molecule has 9 nitrogen and oxygen atoms in total.